The number of nitriles is 1. The van der Waals surface area contributed by atoms with Crippen molar-refractivity contribution in [3.05, 3.63) is 28.0 Å². The van der Waals surface area contributed by atoms with E-state index in [0.717, 1.165) is 0 Å². The number of ether oxygens (including phenoxy) is 1. The van der Waals surface area contributed by atoms with Gasteiger partial charge in [-0.2, -0.15) is 5.26 Å². The first-order chi connectivity index (χ1) is 10.6. The van der Waals surface area contributed by atoms with Crippen LogP contribution in [-0.4, -0.2) is 28.5 Å². The Labute approximate surface area is 144 Å². The summed E-state index contributed by atoms with van der Waals surface area (Å²) in [4.78, 5) is 27.8. The Bertz CT molecular complexity index is 658. The number of nitrogens with one attached hydrogen (secondary N) is 1. The highest BCUT2D eigenvalue weighted by Crippen LogP contribution is 2.20. The molecule has 1 aromatic rings. The van der Waals surface area contributed by atoms with E-state index >= 15 is 0 Å². The molecule has 6 nitrogen and oxygen atoms in total. The minimum atomic E-state index is -1.08. The number of rotatable bonds is 5. The molecule has 1 rings (SSSR count). The maximum absolute atomic E-state index is 12.1. The van der Waals surface area contributed by atoms with Gasteiger partial charge < -0.3 is 10.1 Å². The van der Waals surface area contributed by atoms with Gasteiger partial charge in [0.2, 0.25) is 0 Å². The molecule has 0 aliphatic heterocycles. The van der Waals surface area contributed by atoms with E-state index in [1.54, 1.807) is 6.92 Å². The van der Waals surface area contributed by atoms with E-state index in [2.05, 4.69) is 10.3 Å². The van der Waals surface area contributed by atoms with Crippen LogP contribution in [0.5, 0.6) is 0 Å². The molecule has 2 atom stereocenters. The molecule has 0 saturated carbocycles. The SMILES string of the molecule is CC(OC(=O)c1cnc(Cl)c(Cl)c1)C(=O)NC(C)(C#N)C(C)C. The van der Waals surface area contributed by atoms with E-state index in [1.807, 2.05) is 19.9 Å². The van der Waals surface area contributed by atoms with Gasteiger partial charge in [-0.05, 0) is 25.8 Å². The molecular weight excluding hydrogens is 341 g/mol. The third kappa shape index (κ3) is 4.81. The fourth-order valence-electron chi connectivity index (χ4n) is 1.47. The molecule has 1 heterocycles. The minimum Gasteiger partial charge on any atom is -0.449 e. The number of hydrogen-bond donors (Lipinski definition) is 1. The molecule has 0 radical (unpaired) electrons. The van der Waals surface area contributed by atoms with Crippen molar-refractivity contribution < 1.29 is 14.3 Å². The number of carbonyl (C=O) groups is 2. The molecular formula is C15H17Cl2N3O3. The molecule has 23 heavy (non-hydrogen) atoms. The summed E-state index contributed by atoms with van der Waals surface area (Å²) in [6.07, 6.45) is 0.123. The summed E-state index contributed by atoms with van der Waals surface area (Å²) in [6, 6.07) is 3.35. The first-order valence-electron chi connectivity index (χ1n) is 6.86. The van der Waals surface area contributed by atoms with Gasteiger partial charge in [-0.3, -0.25) is 4.79 Å². The van der Waals surface area contributed by atoms with Gasteiger partial charge in [0.25, 0.3) is 5.91 Å². The molecule has 1 amide bonds. The predicted octanol–water partition coefficient (Wildman–Crippen LogP) is 2.99. The maximum Gasteiger partial charge on any atom is 0.340 e. The van der Waals surface area contributed by atoms with Gasteiger partial charge in [0.1, 0.15) is 10.7 Å². The van der Waals surface area contributed by atoms with Crippen molar-refractivity contribution in [1.29, 1.82) is 5.26 Å². The number of nitrogens with zero attached hydrogens (tertiary/aromatic N) is 2. The number of hydrogen-bond acceptors (Lipinski definition) is 5. The second-order valence-corrected chi connectivity index (χ2v) is 6.27. The fourth-order valence-corrected chi connectivity index (χ4v) is 1.74. The molecule has 0 aliphatic rings. The lowest BCUT2D eigenvalue weighted by Gasteiger charge is -2.28. The number of pyridine rings is 1. The van der Waals surface area contributed by atoms with Crippen molar-refractivity contribution >= 4 is 35.1 Å². The normalized spacial score (nSPS) is 14.5. The lowest BCUT2D eigenvalue weighted by Crippen LogP contribution is -2.52. The molecule has 0 fully saturated rings. The minimum absolute atomic E-state index is 0.0655. The largest absolute Gasteiger partial charge is 0.449 e. The number of esters is 1. The van der Waals surface area contributed by atoms with Crippen LogP contribution >= 0.6 is 23.2 Å². The van der Waals surface area contributed by atoms with Gasteiger partial charge in [-0.15, -0.1) is 0 Å². The average molecular weight is 358 g/mol. The Morgan fingerprint density at radius 3 is 2.48 bits per heavy atom. The number of aromatic nitrogens is 1. The van der Waals surface area contributed by atoms with Crippen molar-refractivity contribution in [2.75, 3.05) is 0 Å². The van der Waals surface area contributed by atoms with Gasteiger partial charge in [-0.1, -0.05) is 37.0 Å². The summed E-state index contributed by atoms with van der Waals surface area (Å²) in [6.45, 7) is 6.63. The van der Waals surface area contributed by atoms with Crippen molar-refractivity contribution in [1.82, 2.24) is 10.3 Å². The molecule has 0 aliphatic carbocycles. The molecule has 0 bridgehead atoms. The van der Waals surface area contributed by atoms with E-state index in [9.17, 15) is 14.9 Å². The van der Waals surface area contributed by atoms with Crippen LogP contribution in [0.1, 0.15) is 38.1 Å². The Balaban J connectivity index is 2.77. The predicted molar refractivity (Wildman–Crippen MR) is 86.1 cm³/mol. The Hall–Kier alpha value is -1.84. The summed E-state index contributed by atoms with van der Waals surface area (Å²) in [5.41, 5.74) is -0.978. The van der Waals surface area contributed by atoms with Crippen molar-refractivity contribution in [2.45, 2.75) is 39.3 Å². The van der Waals surface area contributed by atoms with E-state index in [1.165, 1.54) is 19.2 Å². The molecule has 124 valence electrons. The molecule has 0 saturated heterocycles. The third-order valence-electron chi connectivity index (χ3n) is 3.45. The first kappa shape index (κ1) is 19.2. The monoisotopic (exact) mass is 357 g/mol. The van der Waals surface area contributed by atoms with Crippen molar-refractivity contribution in [2.24, 2.45) is 5.92 Å². The van der Waals surface area contributed by atoms with E-state index in [0.29, 0.717) is 0 Å². The Morgan fingerprint density at radius 1 is 1.39 bits per heavy atom. The maximum atomic E-state index is 12.1. The summed E-state index contributed by atoms with van der Waals surface area (Å²) < 4.78 is 5.06. The second kappa shape index (κ2) is 7.62. The molecule has 0 spiro atoms. The topological polar surface area (TPSA) is 92.1 Å². The van der Waals surface area contributed by atoms with Crippen LogP contribution in [0, 0.1) is 17.2 Å². The van der Waals surface area contributed by atoms with E-state index < -0.39 is 23.5 Å². The summed E-state index contributed by atoms with van der Waals surface area (Å²) in [7, 11) is 0. The summed E-state index contributed by atoms with van der Waals surface area (Å²) in [5, 5.41) is 11.9. The molecule has 2 unspecified atom stereocenters. The van der Waals surface area contributed by atoms with Crippen molar-refractivity contribution in [3.63, 3.8) is 0 Å². The van der Waals surface area contributed by atoms with Crippen LogP contribution in [0.4, 0.5) is 0 Å². The fraction of sp³-hybridized carbons (Fsp3) is 0.467. The third-order valence-corrected chi connectivity index (χ3v) is 4.14. The average Bonchev–Trinajstić information content (AvgIpc) is 2.49. The van der Waals surface area contributed by atoms with Crippen LogP contribution in [0.25, 0.3) is 0 Å². The number of halogens is 2. The lowest BCUT2D eigenvalue weighted by atomic mass is 9.90. The molecule has 1 N–H and O–H groups in total. The van der Waals surface area contributed by atoms with Gasteiger partial charge in [0.15, 0.2) is 6.10 Å². The molecule has 8 heteroatoms. The zero-order chi connectivity index (χ0) is 17.8. The Morgan fingerprint density at radius 2 is 2.00 bits per heavy atom. The number of carbonyl (C=O) groups excluding carboxylic acids is 2. The highest BCUT2D eigenvalue weighted by molar-refractivity contribution is 6.41. The standard InChI is InChI=1S/C15H17Cl2N3O3/c1-8(2)15(4,7-18)20-13(21)9(3)23-14(22)10-5-11(16)12(17)19-6-10/h5-6,8-9H,1-4H3,(H,20,21). The first-order valence-corrected chi connectivity index (χ1v) is 7.61. The van der Waals surface area contributed by atoms with Crippen LogP contribution in [0.15, 0.2) is 12.3 Å². The smallest absolute Gasteiger partial charge is 0.340 e. The molecule has 0 aromatic carbocycles. The van der Waals surface area contributed by atoms with Gasteiger partial charge in [-0.25, -0.2) is 9.78 Å². The van der Waals surface area contributed by atoms with Crippen LogP contribution in [-0.2, 0) is 9.53 Å². The van der Waals surface area contributed by atoms with Gasteiger partial charge >= 0.3 is 5.97 Å². The summed E-state index contributed by atoms with van der Waals surface area (Å²) in [5.74, 6) is -1.44. The van der Waals surface area contributed by atoms with E-state index in [4.69, 9.17) is 27.9 Å². The molecule has 1 aromatic heterocycles. The van der Waals surface area contributed by atoms with Crippen LogP contribution < -0.4 is 5.32 Å². The Kier molecular flexibility index (Phi) is 6.37. The highest BCUT2D eigenvalue weighted by atomic mass is 35.5. The summed E-state index contributed by atoms with van der Waals surface area (Å²) >= 11 is 11.5. The van der Waals surface area contributed by atoms with Crippen molar-refractivity contribution in [3.8, 4) is 6.07 Å². The van der Waals surface area contributed by atoms with Gasteiger partial charge in [0.05, 0.1) is 16.7 Å². The van der Waals surface area contributed by atoms with Crippen LogP contribution in [0.3, 0.4) is 0 Å². The quantitative estimate of drug-likeness (QED) is 0.645. The highest BCUT2D eigenvalue weighted by Gasteiger charge is 2.32. The zero-order valence-electron chi connectivity index (χ0n) is 13.2. The number of amides is 1. The second-order valence-electron chi connectivity index (χ2n) is 5.50. The lowest BCUT2D eigenvalue weighted by molar-refractivity contribution is -0.130. The zero-order valence-corrected chi connectivity index (χ0v) is 14.7. The van der Waals surface area contributed by atoms with Crippen LogP contribution in [0.2, 0.25) is 10.2 Å². The van der Waals surface area contributed by atoms with Gasteiger partial charge in [0, 0.05) is 6.20 Å². The van der Waals surface area contributed by atoms with E-state index in [-0.39, 0.29) is 21.7 Å².